The summed E-state index contributed by atoms with van der Waals surface area (Å²) in [6.45, 7) is 29.6. The van der Waals surface area contributed by atoms with Gasteiger partial charge in [-0.15, -0.1) is 0 Å². The largest absolute Gasteiger partial charge is 0.472 e. The highest BCUT2D eigenvalue weighted by Gasteiger charge is 2.52. The summed E-state index contributed by atoms with van der Waals surface area (Å²) in [4.78, 5) is 5.06. The summed E-state index contributed by atoms with van der Waals surface area (Å²) in [6, 6.07) is 42.5. The molecule has 324 valence electrons. The number of furan rings is 1. The molecule has 0 amide bonds. The highest BCUT2D eigenvalue weighted by atomic mass is 16.3. The van der Waals surface area contributed by atoms with E-state index in [0.717, 1.165) is 80.5 Å². The van der Waals surface area contributed by atoms with E-state index < -0.39 is 5.41 Å². The van der Waals surface area contributed by atoms with E-state index in [-0.39, 0.29) is 46.5 Å². The van der Waals surface area contributed by atoms with Crippen molar-refractivity contribution in [1.29, 1.82) is 0 Å². The fourth-order valence-electron chi connectivity index (χ4n) is 10.8. The Morgan fingerprint density at radius 1 is 0.578 bits per heavy atom. The van der Waals surface area contributed by atoms with E-state index in [2.05, 4.69) is 203 Å². The van der Waals surface area contributed by atoms with E-state index in [1.165, 1.54) is 33.3 Å². The van der Waals surface area contributed by atoms with Crippen molar-refractivity contribution in [3.63, 3.8) is 0 Å². The quantitative estimate of drug-likeness (QED) is 0.161. The van der Waals surface area contributed by atoms with Crippen LogP contribution in [0.2, 0.25) is 0 Å². The van der Waals surface area contributed by atoms with Crippen molar-refractivity contribution in [2.45, 2.75) is 130 Å². The molecule has 10 rings (SSSR count). The predicted octanol–water partition coefficient (Wildman–Crippen LogP) is 14.6. The molecule has 0 unspecified atom stereocenters. The molecule has 0 N–H and O–H groups in total. The van der Waals surface area contributed by atoms with Gasteiger partial charge in [-0.3, -0.25) is 0 Å². The Hall–Kier alpha value is -5.74. The third-order valence-corrected chi connectivity index (χ3v) is 14.9. The van der Waals surface area contributed by atoms with Crippen molar-refractivity contribution in [2.24, 2.45) is 0 Å². The van der Waals surface area contributed by atoms with E-state index in [4.69, 9.17) is 8.53 Å². The third kappa shape index (κ3) is 6.61. The van der Waals surface area contributed by atoms with Crippen molar-refractivity contribution >= 4 is 57.4 Å². The average molecular weight is 844 g/mol. The summed E-state index contributed by atoms with van der Waals surface area (Å²) in [5.41, 5.74) is 18.5. The second kappa shape index (κ2) is 14.4. The van der Waals surface area contributed by atoms with Crippen LogP contribution in [0, 0.1) is 6.92 Å². The molecule has 3 nitrogen and oxygen atoms in total. The van der Waals surface area contributed by atoms with Crippen molar-refractivity contribution in [1.82, 2.24) is 0 Å². The number of nitrogens with zero attached hydrogens (tertiary/aromatic N) is 2. The summed E-state index contributed by atoms with van der Waals surface area (Å²) in [5, 5.41) is 0. The van der Waals surface area contributed by atoms with Gasteiger partial charge in [0, 0.05) is 44.7 Å². The van der Waals surface area contributed by atoms with Crippen molar-refractivity contribution < 1.29 is 8.53 Å². The lowest BCUT2D eigenvalue weighted by molar-refractivity contribution is 0.282. The molecule has 3 heterocycles. The van der Waals surface area contributed by atoms with E-state index in [9.17, 15) is 0 Å². The molecular weight excluding hydrogens is 775 g/mol. The third-order valence-electron chi connectivity index (χ3n) is 14.9. The van der Waals surface area contributed by atoms with Gasteiger partial charge in [-0.2, -0.15) is 0 Å². The molecule has 0 spiro atoms. The Morgan fingerprint density at radius 2 is 1.17 bits per heavy atom. The molecule has 4 heteroatoms. The smallest absolute Gasteiger partial charge is 0.297 e. The molecule has 1 aromatic heterocycles. The lowest BCUT2D eigenvalue weighted by Gasteiger charge is -2.45. The van der Waals surface area contributed by atoms with Gasteiger partial charge < -0.3 is 14.2 Å². The van der Waals surface area contributed by atoms with Gasteiger partial charge in [0.15, 0.2) is 0 Å². The zero-order valence-corrected chi connectivity index (χ0v) is 40.3. The number of hydrogen-bond acceptors (Lipinski definition) is 3. The Morgan fingerprint density at radius 3 is 1.83 bits per heavy atom. The lowest BCUT2D eigenvalue weighted by Crippen LogP contribution is -2.61. The number of hydrogen-bond donors (Lipinski definition) is 0. The first-order chi connectivity index (χ1) is 31.4. The van der Waals surface area contributed by atoms with Gasteiger partial charge in [-0.25, -0.2) is 0 Å². The Kier molecular flexibility index (Phi) is 8.70. The maximum absolute atomic E-state index is 8.66. The Bertz CT molecular complexity index is 3110. The van der Waals surface area contributed by atoms with Gasteiger partial charge >= 0.3 is 0 Å². The van der Waals surface area contributed by atoms with Crippen LogP contribution in [0.5, 0.6) is 0 Å². The topological polar surface area (TPSA) is 19.6 Å². The average Bonchev–Trinajstić information content (AvgIpc) is 3.69. The van der Waals surface area contributed by atoms with E-state index in [1.807, 2.05) is 0 Å². The number of aryl methyl sites for hydroxylation is 1. The molecule has 7 aromatic rings. The molecule has 0 fully saturated rings. The second-order valence-corrected chi connectivity index (χ2v) is 22.8. The van der Waals surface area contributed by atoms with Crippen molar-refractivity contribution in [3.05, 3.63) is 173 Å². The standard InChI is InChI=1S/C60H65BN2O/c1-38-34-49-52-50(35-38)63(47-30-26-42(57(5,6)7)36-45(47)39-20-16-14-17-21-39)48-31-27-43(60(12,13)41-22-18-15-19-23-41)37-46(48)61(52)55-53(51-54(64-55)59(10,11)33-32-58(51,8)9)62(49)44-28-24-40(25-29-44)56(2,3)4/h14-31,34-37H,32-33H2,1-13H3/i15D,18D,19D. The molecule has 0 saturated heterocycles. The Balaban J connectivity index is 1.33. The zero-order valence-electron chi connectivity index (χ0n) is 43.3. The summed E-state index contributed by atoms with van der Waals surface area (Å²) in [5.74, 6) is 1.09. The first-order valence-corrected chi connectivity index (χ1v) is 23.3. The number of anilines is 6. The maximum Gasteiger partial charge on any atom is 0.297 e. The number of benzene rings is 6. The fraction of sp³-hybridized carbons (Fsp3) is 0.333. The van der Waals surface area contributed by atoms with Gasteiger partial charge in [0.2, 0.25) is 0 Å². The minimum absolute atomic E-state index is 0.00239. The van der Waals surface area contributed by atoms with Crippen LogP contribution in [-0.4, -0.2) is 6.71 Å². The molecule has 0 bridgehead atoms. The molecule has 6 aromatic carbocycles. The van der Waals surface area contributed by atoms with Crippen LogP contribution in [0.25, 0.3) is 11.1 Å². The summed E-state index contributed by atoms with van der Waals surface area (Å²) >= 11 is 0. The first-order valence-electron chi connectivity index (χ1n) is 24.8. The van der Waals surface area contributed by atoms with Crippen LogP contribution < -0.4 is 26.4 Å². The monoisotopic (exact) mass is 844 g/mol. The minimum atomic E-state index is -0.593. The maximum atomic E-state index is 8.66. The summed E-state index contributed by atoms with van der Waals surface area (Å²) < 4.78 is 33.4. The van der Waals surface area contributed by atoms with Crippen LogP contribution in [-0.2, 0) is 27.1 Å². The van der Waals surface area contributed by atoms with Crippen LogP contribution in [0.15, 0.2) is 138 Å². The van der Waals surface area contributed by atoms with E-state index >= 15 is 0 Å². The first kappa shape index (κ1) is 38.7. The molecule has 1 aliphatic carbocycles. The molecule has 3 aliphatic rings. The molecular formula is C60H65BN2O. The molecule has 2 aliphatic heterocycles. The van der Waals surface area contributed by atoms with Gasteiger partial charge in [-0.1, -0.05) is 174 Å². The van der Waals surface area contributed by atoms with Gasteiger partial charge in [0.05, 0.1) is 21.1 Å². The van der Waals surface area contributed by atoms with E-state index in [1.54, 1.807) is 12.1 Å². The number of fused-ring (bicyclic) bond motifs is 6. The zero-order chi connectivity index (χ0) is 47.9. The van der Waals surface area contributed by atoms with Crippen LogP contribution in [0.4, 0.5) is 34.1 Å². The van der Waals surface area contributed by atoms with Crippen LogP contribution >= 0.6 is 0 Å². The van der Waals surface area contributed by atoms with E-state index in [0.29, 0.717) is 0 Å². The van der Waals surface area contributed by atoms with Gasteiger partial charge in [0.1, 0.15) is 5.76 Å². The molecule has 0 saturated carbocycles. The summed E-state index contributed by atoms with van der Waals surface area (Å²) in [6.07, 6.45) is 2.08. The molecule has 64 heavy (non-hydrogen) atoms. The number of rotatable bonds is 5. The minimum Gasteiger partial charge on any atom is -0.472 e. The molecule has 0 atom stereocenters. The molecule has 0 radical (unpaired) electrons. The lowest BCUT2D eigenvalue weighted by atomic mass is 9.35. The van der Waals surface area contributed by atoms with Crippen LogP contribution in [0.1, 0.15) is 139 Å². The van der Waals surface area contributed by atoms with Gasteiger partial charge in [0.25, 0.3) is 6.71 Å². The fourth-order valence-corrected chi connectivity index (χ4v) is 10.8. The van der Waals surface area contributed by atoms with Crippen molar-refractivity contribution in [2.75, 3.05) is 9.80 Å². The SMILES string of the molecule is [2H]c1cc(C(C)(C)c2ccc3c(c2)B2c4oc5c(c4N(c4ccc(C(C)(C)C)cc4)c4cc(C)cc(c42)N3c2ccc(C(C)(C)C)cc2-c2ccccc2)C(C)(C)CCC5(C)C)cc([2H])c1[2H]. The van der Waals surface area contributed by atoms with Crippen LogP contribution in [0.3, 0.4) is 0 Å². The second-order valence-electron chi connectivity index (χ2n) is 22.8. The highest BCUT2D eigenvalue weighted by Crippen LogP contribution is 2.55. The Labute approximate surface area is 387 Å². The normalized spacial score (nSPS) is 16.9. The van der Waals surface area contributed by atoms with Crippen molar-refractivity contribution in [3.8, 4) is 11.1 Å². The van der Waals surface area contributed by atoms with Gasteiger partial charge in [-0.05, 0) is 123 Å². The predicted molar refractivity (Wildman–Crippen MR) is 274 cm³/mol. The highest BCUT2D eigenvalue weighted by molar-refractivity contribution is 6.99. The summed E-state index contributed by atoms with van der Waals surface area (Å²) in [7, 11) is 0.